The molecular weight excluding hydrogens is 390 g/mol. The van der Waals surface area contributed by atoms with E-state index < -0.39 is 23.9 Å². The topological polar surface area (TPSA) is 81.7 Å². The van der Waals surface area contributed by atoms with Crippen LogP contribution in [0.2, 0.25) is 0 Å². The van der Waals surface area contributed by atoms with Crippen molar-refractivity contribution in [3.8, 4) is 0 Å². The fourth-order valence-corrected chi connectivity index (χ4v) is 4.59. The molecule has 0 bridgehead atoms. The van der Waals surface area contributed by atoms with Crippen LogP contribution in [-0.4, -0.2) is 31.1 Å². The SMILES string of the molecule is CCOC(=O)c1c(NC(=O)COC(=O)C2(c3ccccc3)CC2)sc(C)c1CC. The van der Waals surface area contributed by atoms with Gasteiger partial charge in [-0.15, -0.1) is 11.3 Å². The number of anilines is 1. The average molecular weight is 416 g/mol. The van der Waals surface area contributed by atoms with Crippen molar-refractivity contribution in [2.24, 2.45) is 0 Å². The first-order valence-electron chi connectivity index (χ1n) is 9.75. The fraction of sp³-hybridized carbons (Fsp3) is 0.409. The number of amides is 1. The van der Waals surface area contributed by atoms with Crippen molar-refractivity contribution in [3.63, 3.8) is 0 Å². The van der Waals surface area contributed by atoms with E-state index in [0.717, 1.165) is 16.0 Å². The van der Waals surface area contributed by atoms with E-state index in [1.807, 2.05) is 44.2 Å². The Morgan fingerprint density at radius 3 is 2.38 bits per heavy atom. The number of rotatable bonds is 8. The van der Waals surface area contributed by atoms with E-state index in [1.54, 1.807) is 6.92 Å². The Balaban J connectivity index is 1.66. The zero-order valence-electron chi connectivity index (χ0n) is 16.9. The Hall–Kier alpha value is -2.67. The van der Waals surface area contributed by atoms with Crippen LogP contribution in [0, 0.1) is 6.92 Å². The van der Waals surface area contributed by atoms with Crippen molar-refractivity contribution in [1.29, 1.82) is 0 Å². The van der Waals surface area contributed by atoms with Crippen molar-refractivity contribution >= 4 is 34.2 Å². The monoisotopic (exact) mass is 415 g/mol. The lowest BCUT2D eigenvalue weighted by atomic mass is 9.96. The van der Waals surface area contributed by atoms with Crippen LogP contribution in [0.1, 0.15) is 53.1 Å². The third kappa shape index (κ3) is 4.34. The Morgan fingerprint density at radius 1 is 1.10 bits per heavy atom. The molecule has 0 spiro atoms. The summed E-state index contributed by atoms with van der Waals surface area (Å²) in [5, 5.41) is 3.15. The quantitative estimate of drug-likeness (QED) is 0.659. The van der Waals surface area contributed by atoms with Crippen molar-refractivity contribution in [2.75, 3.05) is 18.5 Å². The Bertz CT molecular complexity index is 915. The number of carbonyl (C=O) groups excluding carboxylic acids is 3. The van der Waals surface area contributed by atoms with Gasteiger partial charge in [0.25, 0.3) is 5.91 Å². The summed E-state index contributed by atoms with van der Waals surface area (Å²) in [6, 6.07) is 9.47. The molecule has 1 fully saturated rings. The zero-order valence-corrected chi connectivity index (χ0v) is 17.7. The lowest BCUT2D eigenvalue weighted by molar-refractivity contribution is -0.150. The summed E-state index contributed by atoms with van der Waals surface area (Å²) >= 11 is 1.32. The Labute approximate surface area is 174 Å². The molecular formula is C22H25NO5S. The van der Waals surface area contributed by atoms with E-state index in [-0.39, 0.29) is 12.6 Å². The van der Waals surface area contributed by atoms with Crippen LogP contribution in [0.25, 0.3) is 0 Å². The van der Waals surface area contributed by atoms with Crippen LogP contribution >= 0.6 is 11.3 Å². The molecule has 0 atom stereocenters. The minimum atomic E-state index is -0.632. The number of thiophene rings is 1. The molecule has 1 amide bonds. The maximum absolute atomic E-state index is 12.6. The molecule has 0 saturated heterocycles. The highest BCUT2D eigenvalue weighted by Gasteiger charge is 2.52. The molecule has 6 nitrogen and oxygen atoms in total. The highest BCUT2D eigenvalue weighted by Crippen LogP contribution is 2.49. The van der Waals surface area contributed by atoms with Gasteiger partial charge in [-0.3, -0.25) is 9.59 Å². The van der Waals surface area contributed by atoms with Gasteiger partial charge < -0.3 is 14.8 Å². The molecule has 1 aliphatic rings. The zero-order chi connectivity index (χ0) is 21.0. The molecule has 1 aromatic heterocycles. The Kier molecular flexibility index (Phi) is 6.37. The summed E-state index contributed by atoms with van der Waals surface area (Å²) in [6.07, 6.45) is 2.09. The third-order valence-corrected chi connectivity index (χ3v) is 6.16. The van der Waals surface area contributed by atoms with Gasteiger partial charge in [0.15, 0.2) is 6.61 Å². The predicted octanol–water partition coefficient (Wildman–Crippen LogP) is 4.01. The molecule has 0 unspecified atom stereocenters. The molecule has 1 aromatic carbocycles. The van der Waals surface area contributed by atoms with Crippen LogP contribution in [0.15, 0.2) is 30.3 Å². The highest BCUT2D eigenvalue weighted by molar-refractivity contribution is 7.16. The molecule has 1 aliphatic carbocycles. The second-order valence-electron chi connectivity index (χ2n) is 6.99. The second kappa shape index (κ2) is 8.78. The largest absolute Gasteiger partial charge is 0.462 e. The molecule has 2 aromatic rings. The lowest BCUT2D eigenvalue weighted by Crippen LogP contribution is -2.28. The molecule has 29 heavy (non-hydrogen) atoms. The molecule has 1 heterocycles. The van der Waals surface area contributed by atoms with Crippen LogP contribution in [0.5, 0.6) is 0 Å². The van der Waals surface area contributed by atoms with Gasteiger partial charge in [-0.25, -0.2) is 4.79 Å². The highest BCUT2D eigenvalue weighted by atomic mass is 32.1. The fourth-order valence-electron chi connectivity index (χ4n) is 3.44. The second-order valence-corrected chi connectivity index (χ2v) is 8.21. The van der Waals surface area contributed by atoms with Crippen molar-refractivity contribution < 1.29 is 23.9 Å². The maximum atomic E-state index is 12.6. The van der Waals surface area contributed by atoms with E-state index >= 15 is 0 Å². The van der Waals surface area contributed by atoms with E-state index in [1.165, 1.54) is 11.3 Å². The summed E-state index contributed by atoms with van der Waals surface area (Å²) in [6.45, 7) is 5.45. The third-order valence-electron chi connectivity index (χ3n) is 5.10. The molecule has 1 N–H and O–H groups in total. The molecule has 0 radical (unpaired) electrons. The first kappa shape index (κ1) is 21.0. The summed E-state index contributed by atoms with van der Waals surface area (Å²) < 4.78 is 10.4. The molecule has 0 aliphatic heterocycles. The standard InChI is InChI=1S/C22H25NO5S/c1-4-16-14(3)29-19(18(16)20(25)27-5-2)23-17(24)13-28-21(26)22(11-12-22)15-9-7-6-8-10-15/h6-10H,4-5,11-13H2,1-3H3,(H,23,24). The summed E-state index contributed by atoms with van der Waals surface area (Å²) in [5.74, 6) is -1.32. The first-order valence-corrected chi connectivity index (χ1v) is 10.6. The number of carbonyl (C=O) groups is 3. The smallest absolute Gasteiger partial charge is 0.341 e. The van der Waals surface area contributed by atoms with Gasteiger partial charge in [0.2, 0.25) is 0 Å². The molecule has 3 rings (SSSR count). The predicted molar refractivity (Wildman–Crippen MR) is 111 cm³/mol. The summed E-state index contributed by atoms with van der Waals surface area (Å²) in [7, 11) is 0. The van der Waals surface area contributed by atoms with Crippen molar-refractivity contribution in [3.05, 3.63) is 51.9 Å². The normalized spacial score (nSPS) is 14.2. The van der Waals surface area contributed by atoms with Crippen molar-refractivity contribution in [1.82, 2.24) is 0 Å². The number of hydrogen-bond donors (Lipinski definition) is 1. The summed E-state index contributed by atoms with van der Waals surface area (Å²) in [4.78, 5) is 38.3. The minimum absolute atomic E-state index is 0.253. The van der Waals surface area contributed by atoms with Gasteiger partial charge in [-0.1, -0.05) is 37.3 Å². The number of hydrogen-bond acceptors (Lipinski definition) is 6. The average Bonchev–Trinajstić information content (AvgIpc) is 3.46. The van der Waals surface area contributed by atoms with Gasteiger partial charge in [0, 0.05) is 4.88 Å². The van der Waals surface area contributed by atoms with E-state index in [0.29, 0.717) is 29.8 Å². The van der Waals surface area contributed by atoms with Crippen LogP contribution in [0.3, 0.4) is 0 Å². The maximum Gasteiger partial charge on any atom is 0.341 e. The van der Waals surface area contributed by atoms with Crippen LogP contribution < -0.4 is 5.32 Å². The number of nitrogens with one attached hydrogen (secondary N) is 1. The molecule has 1 saturated carbocycles. The number of aryl methyl sites for hydroxylation is 1. The van der Waals surface area contributed by atoms with Crippen LogP contribution in [0.4, 0.5) is 5.00 Å². The van der Waals surface area contributed by atoms with Crippen molar-refractivity contribution in [2.45, 2.75) is 45.4 Å². The number of benzene rings is 1. The Morgan fingerprint density at radius 2 is 1.79 bits per heavy atom. The minimum Gasteiger partial charge on any atom is -0.462 e. The van der Waals surface area contributed by atoms with Gasteiger partial charge in [0.1, 0.15) is 5.00 Å². The van der Waals surface area contributed by atoms with Gasteiger partial charge in [-0.05, 0) is 44.2 Å². The van der Waals surface area contributed by atoms with Gasteiger partial charge in [0.05, 0.1) is 17.6 Å². The van der Waals surface area contributed by atoms with E-state index in [9.17, 15) is 14.4 Å². The van der Waals surface area contributed by atoms with Gasteiger partial charge in [-0.2, -0.15) is 0 Å². The number of ether oxygens (including phenoxy) is 2. The van der Waals surface area contributed by atoms with Gasteiger partial charge >= 0.3 is 11.9 Å². The number of esters is 2. The lowest BCUT2D eigenvalue weighted by Gasteiger charge is -2.14. The van der Waals surface area contributed by atoms with Crippen LogP contribution in [-0.2, 0) is 30.9 Å². The van der Waals surface area contributed by atoms with E-state index in [4.69, 9.17) is 9.47 Å². The molecule has 154 valence electrons. The summed E-state index contributed by atoms with van der Waals surface area (Å²) in [5.41, 5.74) is 1.53. The first-order chi connectivity index (χ1) is 13.9. The van der Waals surface area contributed by atoms with E-state index in [2.05, 4.69) is 5.32 Å². The molecule has 7 heteroatoms.